The van der Waals surface area contributed by atoms with Crippen molar-refractivity contribution in [3.8, 4) is 0 Å². The van der Waals surface area contributed by atoms with Gasteiger partial charge in [-0.25, -0.2) is 0 Å². The molecule has 0 fully saturated rings. The normalized spacial score (nSPS) is 14.5. The second-order valence-corrected chi connectivity index (χ2v) is 9.74. The molecule has 0 aliphatic heterocycles. The summed E-state index contributed by atoms with van der Waals surface area (Å²) < 4.78 is 1.09. The Morgan fingerprint density at radius 2 is 1.17 bits per heavy atom. The van der Waals surface area contributed by atoms with E-state index in [4.69, 9.17) is 11.7 Å². The van der Waals surface area contributed by atoms with Crippen molar-refractivity contribution in [2.45, 2.75) is 19.4 Å². The zero-order valence-electron chi connectivity index (χ0n) is 9.20. The topological polar surface area (TPSA) is 52.0 Å². The fraction of sp³-hybridized carbons (Fsp3) is 1.00. The van der Waals surface area contributed by atoms with Gasteiger partial charge in [-0.1, -0.05) is 13.8 Å². The van der Waals surface area contributed by atoms with E-state index in [0.29, 0.717) is 14.1 Å². The van der Waals surface area contributed by atoms with E-state index in [1.54, 1.807) is 0 Å². The van der Waals surface area contributed by atoms with Crippen LogP contribution in [0.4, 0.5) is 0 Å². The molecule has 0 spiro atoms. The van der Waals surface area contributed by atoms with Gasteiger partial charge in [-0.2, -0.15) is 11.7 Å². The highest BCUT2D eigenvalue weighted by Crippen LogP contribution is 2.17. The van der Waals surface area contributed by atoms with Crippen LogP contribution in [0.5, 0.6) is 0 Å². The average molecular weight is 192 g/mol. The smallest absolute Gasteiger partial charge is 0.265 e. The fourth-order valence-corrected chi connectivity index (χ4v) is 6.91. The zero-order chi connectivity index (χ0) is 10.2. The summed E-state index contributed by atoms with van der Waals surface area (Å²) in [6.45, 7) is 4.41. The van der Waals surface area contributed by atoms with Gasteiger partial charge in [0.15, 0.2) is 0 Å². The molecule has 0 radical (unpaired) electrons. The van der Waals surface area contributed by atoms with E-state index >= 15 is 0 Å². The number of hydrogen-bond donors (Lipinski definition) is 2. The minimum absolute atomic E-state index is 0.543. The van der Waals surface area contributed by atoms with E-state index in [1.165, 1.54) is 0 Å². The average Bonchev–Trinajstić information content (AvgIpc) is 1.49. The number of nitrogens with two attached hydrogens (primary N) is 2. The van der Waals surface area contributed by atoms with Gasteiger partial charge in [0.25, 0.3) is 0 Å². The van der Waals surface area contributed by atoms with Crippen LogP contribution in [0, 0.1) is 0 Å². The Labute approximate surface area is 77.6 Å². The van der Waals surface area contributed by atoms with Gasteiger partial charge in [0, 0.05) is 0 Å². The largest absolute Gasteiger partial charge is 0.547 e. The Bertz CT molecular complexity index is 130. The lowest BCUT2D eigenvalue weighted by Crippen LogP contribution is -2.74. The highest BCUT2D eigenvalue weighted by atomic mass is 28.3. The Balaban J connectivity index is 4.70. The van der Waals surface area contributed by atoms with Gasteiger partial charge in [0.1, 0.15) is 0 Å². The Morgan fingerprint density at radius 3 is 1.17 bits per heavy atom. The maximum absolute atomic E-state index is 6.07. The molecular weight excluding hydrogens is 168 g/mol. The monoisotopic (exact) mass is 192 g/mol. The number of quaternary nitrogens is 2. The standard InChI is InChI=1S/C7H24N4Si/c1-7(2)12(10(3,4)8)11(5,6)9/h7,12H,8-9H2,1-6H3/q+2. The minimum atomic E-state index is -1.25. The van der Waals surface area contributed by atoms with Crippen LogP contribution in [0.3, 0.4) is 0 Å². The van der Waals surface area contributed by atoms with Crippen LogP contribution in [0.15, 0.2) is 0 Å². The lowest BCUT2D eigenvalue weighted by atomic mass is 10.6. The molecule has 0 heterocycles. The van der Waals surface area contributed by atoms with Crippen molar-refractivity contribution in [2.75, 3.05) is 28.2 Å². The summed E-state index contributed by atoms with van der Waals surface area (Å²) in [7, 11) is 6.87. The number of rotatable bonds is 3. The molecule has 0 amide bonds. The van der Waals surface area contributed by atoms with E-state index in [2.05, 4.69) is 13.8 Å². The predicted molar refractivity (Wildman–Crippen MR) is 54.8 cm³/mol. The maximum atomic E-state index is 6.07. The molecule has 4 nitrogen and oxygen atoms in total. The molecule has 0 aliphatic carbocycles. The van der Waals surface area contributed by atoms with Crippen LogP contribution >= 0.6 is 0 Å². The molecule has 0 aliphatic rings. The van der Waals surface area contributed by atoms with Gasteiger partial charge in [-0.15, -0.1) is 0 Å². The molecule has 0 saturated carbocycles. The first-order valence-corrected chi connectivity index (χ1v) is 6.01. The molecule has 4 N–H and O–H groups in total. The van der Waals surface area contributed by atoms with Gasteiger partial charge < -0.3 is 0 Å². The van der Waals surface area contributed by atoms with Crippen LogP contribution in [0.2, 0.25) is 5.54 Å². The lowest BCUT2D eigenvalue weighted by molar-refractivity contribution is -0.914. The van der Waals surface area contributed by atoms with Crippen LogP contribution in [0.1, 0.15) is 13.8 Å². The van der Waals surface area contributed by atoms with Gasteiger partial charge in [0.2, 0.25) is 0 Å². The highest BCUT2D eigenvalue weighted by molar-refractivity contribution is 6.44. The van der Waals surface area contributed by atoms with Crippen LogP contribution in [-0.4, -0.2) is 45.8 Å². The molecule has 0 aromatic rings. The summed E-state index contributed by atoms with van der Waals surface area (Å²) in [6.07, 6.45) is 0. The van der Waals surface area contributed by atoms with Crippen molar-refractivity contribution in [3.05, 3.63) is 0 Å². The Morgan fingerprint density at radius 1 is 0.917 bits per heavy atom. The molecule has 0 atom stereocenters. The Kier molecular flexibility index (Phi) is 3.45. The first-order chi connectivity index (χ1) is 5.07. The van der Waals surface area contributed by atoms with E-state index in [-0.39, 0.29) is 0 Å². The van der Waals surface area contributed by atoms with E-state index in [9.17, 15) is 0 Å². The third kappa shape index (κ3) is 3.20. The molecule has 0 bridgehead atoms. The van der Waals surface area contributed by atoms with Gasteiger partial charge >= 0.3 is 9.12 Å². The van der Waals surface area contributed by atoms with Gasteiger partial charge in [0.05, 0.1) is 33.7 Å². The molecule has 5 heteroatoms. The summed E-state index contributed by atoms with van der Waals surface area (Å²) in [4.78, 5) is 0. The second kappa shape index (κ2) is 3.43. The van der Waals surface area contributed by atoms with E-state index in [0.717, 1.165) is 0 Å². The van der Waals surface area contributed by atoms with Crippen molar-refractivity contribution >= 4 is 9.12 Å². The van der Waals surface area contributed by atoms with Crippen molar-refractivity contribution in [3.63, 3.8) is 0 Å². The van der Waals surface area contributed by atoms with Crippen molar-refractivity contribution in [1.29, 1.82) is 0 Å². The summed E-state index contributed by atoms with van der Waals surface area (Å²) in [6, 6.07) is 0. The molecule has 0 saturated heterocycles. The van der Waals surface area contributed by atoms with Gasteiger partial charge in [-0.3, -0.25) is 8.52 Å². The third-order valence-electron chi connectivity index (χ3n) is 1.96. The van der Waals surface area contributed by atoms with Crippen molar-refractivity contribution < 1.29 is 8.52 Å². The summed E-state index contributed by atoms with van der Waals surface area (Å²) >= 11 is 0. The zero-order valence-corrected chi connectivity index (χ0v) is 10.4. The molecule has 0 rings (SSSR count). The second-order valence-electron chi connectivity index (χ2n) is 4.92. The lowest BCUT2D eigenvalue weighted by Gasteiger charge is -2.39. The first kappa shape index (κ1) is 12.1. The summed E-state index contributed by atoms with van der Waals surface area (Å²) in [5.41, 5.74) is 0.602. The van der Waals surface area contributed by atoms with Crippen LogP contribution < -0.4 is 11.7 Å². The maximum Gasteiger partial charge on any atom is 0.547 e. The van der Waals surface area contributed by atoms with E-state index in [1.807, 2.05) is 28.2 Å². The summed E-state index contributed by atoms with van der Waals surface area (Å²) in [5.74, 6) is 12.1. The SMILES string of the molecule is CC(C)[SiH]([N+](C)(C)N)[N+](C)(C)N. The van der Waals surface area contributed by atoms with E-state index < -0.39 is 9.12 Å². The number of nitrogens with zero attached hydrogens (tertiary/aromatic N) is 2. The molecule has 0 aromatic carbocycles. The molecule has 0 aromatic heterocycles. The summed E-state index contributed by atoms with van der Waals surface area (Å²) in [5, 5.41) is 0. The quantitative estimate of drug-likeness (QED) is 0.360. The number of hydrogen-bond acceptors (Lipinski definition) is 2. The van der Waals surface area contributed by atoms with Crippen molar-refractivity contribution in [2.24, 2.45) is 11.7 Å². The van der Waals surface area contributed by atoms with Gasteiger partial charge in [-0.05, 0) is 0 Å². The molecule has 12 heavy (non-hydrogen) atoms. The van der Waals surface area contributed by atoms with Crippen LogP contribution in [-0.2, 0) is 0 Å². The van der Waals surface area contributed by atoms with Crippen LogP contribution in [0.25, 0.3) is 0 Å². The highest BCUT2D eigenvalue weighted by Gasteiger charge is 2.48. The molecule has 74 valence electrons. The third-order valence-corrected chi connectivity index (χ3v) is 5.88. The Hall–Kier alpha value is 0.0569. The predicted octanol–water partition coefficient (Wildman–Crippen LogP) is -0.483. The molecular formula is C7H24N4Si+2. The molecule has 0 unspecified atom stereocenters. The van der Waals surface area contributed by atoms with Crippen molar-refractivity contribution in [1.82, 2.24) is 0 Å². The first-order valence-electron chi connectivity index (χ1n) is 4.31. The minimum Gasteiger partial charge on any atom is -0.265 e. The fourth-order valence-electron chi connectivity index (χ4n) is 2.30.